The molecule has 0 bridgehead atoms. The maximum absolute atomic E-state index is 5.42. The van der Waals surface area contributed by atoms with Crippen molar-refractivity contribution in [1.82, 2.24) is 5.32 Å². The molecule has 0 radical (unpaired) electrons. The van der Waals surface area contributed by atoms with Crippen molar-refractivity contribution in [3.63, 3.8) is 0 Å². The van der Waals surface area contributed by atoms with Gasteiger partial charge in [-0.2, -0.15) is 0 Å². The van der Waals surface area contributed by atoms with Gasteiger partial charge in [-0.15, -0.1) is 0 Å². The lowest BCUT2D eigenvalue weighted by atomic mass is 9.99. The highest BCUT2D eigenvalue weighted by atomic mass is 16.3. The van der Waals surface area contributed by atoms with E-state index < -0.39 is 0 Å². The van der Waals surface area contributed by atoms with Gasteiger partial charge in [-0.1, -0.05) is 18.2 Å². The van der Waals surface area contributed by atoms with E-state index in [0.29, 0.717) is 0 Å². The Bertz CT molecular complexity index is 534. The number of hydrogen-bond donors (Lipinski definition) is 2. The molecule has 19 heavy (non-hydrogen) atoms. The van der Waals surface area contributed by atoms with Crippen molar-refractivity contribution in [3.05, 3.63) is 53.5 Å². The molecule has 1 aliphatic rings. The summed E-state index contributed by atoms with van der Waals surface area (Å²) in [5, 5.41) is 7.04. The number of aryl methyl sites for hydroxylation is 1. The topological polar surface area (TPSA) is 37.2 Å². The van der Waals surface area contributed by atoms with E-state index in [9.17, 15) is 0 Å². The number of anilines is 1. The second kappa shape index (κ2) is 5.49. The van der Waals surface area contributed by atoms with E-state index in [1.807, 2.05) is 12.1 Å². The zero-order valence-electron chi connectivity index (χ0n) is 11.3. The average molecular weight is 256 g/mol. The summed E-state index contributed by atoms with van der Waals surface area (Å²) in [6.07, 6.45) is 4.13. The van der Waals surface area contributed by atoms with Crippen LogP contribution in [-0.2, 0) is 13.0 Å². The van der Waals surface area contributed by atoms with Crippen LogP contribution in [0.4, 0.5) is 5.69 Å². The Kier molecular flexibility index (Phi) is 3.56. The Balaban J connectivity index is 1.70. The van der Waals surface area contributed by atoms with Crippen molar-refractivity contribution < 1.29 is 4.42 Å². The van der Waals surface area contributed by atoms with Crippen LogP contribution in [0.2, 0.25) is 0 Å². The van der Waals surface area contributed by atoms with Crippen molar-refractivity contribution in [3.8, 4) is 0 Å². The molecular formula is C16H20N2O. The van der Waals surface area contributed by atoms with E-state index in [-0.39, 0.29) is 6.04 Å². The smallest absolute Gasteiger partial charge is 0.120 e. The van der Waals surface area contributed by atoms with Crippen LogP contribution >= 0.6 is 0 Å². The molecule has 1 aromatic heterocycles. The second-order valence-corrected chi connectivity index (χ2v) is 5.10. The predicted molar refractivity (Wildman–Crippen MR) is 77.2 cm³/mol. The SMILES string of the molecule is CC(NCc1cccc2c1NCCC2)c1ccco1. The first-order valence-corrected chi connectivity index (χ1v) is 6.96. The maximum Gasteiger partial charge on any atom is 0.120 e. The Labute approximate surface area is 114 Å². The molecule has 2 heterocycles. The Morgan fingerprint density at radius 3 is 3.11 bits per heavy atom. The van der Waals surface area contributed by atoms with Gasteiger partial charge < -0.3 is 15.1 Å². The van der Waals surface area contributed by atoms with E-state index >= 15 is 0 Å². The van der Waals surface area contributed by atoms with E-state index in [4.69, 9.17) is 4.42 Å². The number of para-hydroxylation sites is 1. The molecule has 0 aliphatic carbocycles. The van der Waals surface area contributed by atoms with Gasteiger partial charge >= 0.3 is 0 Å². The number of hydrogen-bond acceptors (Lipinski definition) is 3. The Morgan fingerprint density at radius 1 is 1.32 bits per heavy atom. The number of rotatable bonds is 4. The van der Waals surface area contributed by atoms with Crippen LogP contribution in [0.1, 0.15) is 36.3 Å². The second-order valence-electron chi connectivity index (χ2n) is 5.10. The molecule has 0 fully saturated rings. The molecule has 100 valence electrons. The van der Waals surface area contributed by atoms with Gasteiger partial charge in [-0.05, 0) is 43.0 Å². The van der Waals surface area contributed by atoms with Crippen LogP contribution in [0, 0.1) is 0 Å². The number of fused-ring (bicyclic) bond motifs is 1. The van der Waals surface area contributed by atoms with Crippen LogP contribution in [-0.4, -0.2) is 6.54 Å². The summed E-state index contributed by atoms with van der Waals surface area (Å²) in [6.45, 7) is 4.07. The summed E-state index contributed by atoms with van der Waals surface area (Å²) in [4.78, 5) is 0. The largest absolute Gasteiger partial charge is 0.468 e. The average Bonchev–Trinajstić information content (AvgIpc) is 2.99. The van der Waals surface area contributed by atoms with Crippen LogP contribution in [0.3, 0.4) is 0 Å². The molecule has 3 rings (SSSR count). The quantitative estimate of drug-likeness (QED) is 0.879. The fraction of sp³-hybridized carbons (Fsp3) is 0.375. The normalized spacial score (nSPS) is 15.6. The lowest BCUT2D eigenvalue weighted by Gasteiger charge is -2.22. The van der Waals surface area contributed by atoms with Crippen molar-refractivity contribution in [2.75, 3.05) is 11.9 Å². The number of furan rings is 1. The number of nitrogens with one attached hydrogen (secondary N) is 2. The van der Waals surface area contributed by atoms with Crippen LogP contribution in [0.25, 0.3) is 0 Å². The van der Waals surface area contributed by atoms with Gasteiger partial charge in [-0.3, -0.25) is 0 Å². The van der Waals surface area contributed by atoms with E-state index in [1.54, 1.807) is 6.26 Å². The third-order valence-corrected chi connectivity index (χ3v) is 3.73. The summed E-state index contributed by atoms with van der Waals surface area (Å²) in [6, 6.07) is 10.7. The molecule has 0 saturated heterocycles. The molecule has 0 amide bonds. The van der Waals surface area contributed by atoms with E-state index in [1.165, 1.54) is 29.7 Å². The summed E-state index contributed by atoms with van der Waals surface area (Å²) < 4.78 is 5.42. The Hall–Kier alpha value is -1.74. The van der Waals surface area contributed by atoms with E-state index in [0.717, 1.165) is 18.8 Å². The Morgan fingerprint density at radius 2 is 2.26 bits per heavy atom. The van der Waals surface area contributed by atoms with Crippen molar-refractivity contribution in [1.29, 1.82) is 0 Å². The molecule has 1 aromatic carbocycles. The van der Waals surface area contributed by atoms with E-state index in [2.05, 4.69) is 35.8 Å². The molecule has 1 aliphatic heterocycles. The molecule has 1 unspecified atom stereocenters. The highest BCUT2D eigenvalue weighted by molar-refractivity contribution is 5.59. The lowest BCUT2D eigenvalue weighted by Crippen LogP contribution is -2.20. The summed E-state index contributed by atoms with van der Waals surface area (Å²) >= 11 is 0. The standard InChI is InChI=1S/C16H20N2O/c1-12(15-8-4-10-19-15)18-11-14-6-2-5-13-7-3-9-17-16(13)14/h2,4-6,8,10,12,17-18H,3,7,9,11H2,1H3. The third kappa shape index (κ3) is 2.66. The zero-order chi connectivity index (χ0) is 13.1. The van der Waals surface area contributed by atoms with Gasteiger partial charge in [0, 0.05) is 18.8 Å². The molecule has 1 atom stereocenters. The van der Waals surface area contributed by atoms with Gasteiger partial charge in [0.25, 0.3) is 0 Å². The fourth-order valence-corrected chi connectivity index (χ4v) is 2.63. The molecule has 2 aromatic rings. The van der Waals surface area contributed by atoms with Crippen LogP contribution in [0.15, 0.2) is 41.0 Å². The fourth-order valence-electron chi connectivity index (χ4n) is 2.63. The minimum absolute atomic E-state index is 0.231. The highest BCUT2D eigenvalue weighted by Crippen LogP contribution is 2.26. The third-order valence-electron chi connectivity index (χ3n) is 3.73. The first-order chi connectivity index (χ1) is 9.34. The van der Waals surface area contributed by atoms with Crippen LogP contribution < -0.4 is 10.6 Å². The first-order valence-electron chi connectivity index (χ1n) is 6.96. The van der Waals surface area contributed by atoms with Crippen molar-refractivity contribution in [2.24, 2.45) is 0 Å². The van der Waals surface area contributed by atoms with Crippen molar-refractivity contribution in [2.45, 2.75) is 32.4 Å². The van der Waals surface area contributed by atoms with Gasteiger partial charge in [-0.25, -0.2) is 0 Å². The number of benzene rings is 1. The predicted octanol–water partition coefficient (Wildman–Crippen LogP) is 3.49. The minimum atomic E-state index is 0.231. The molecule has 2 N–H and O–H groups in total. The highest BCUT2D eigenvalue weighted by Gasteiger charge is 2.13. The summed E-state index contributed by atoms with van der Waals surface area (Å²) in [5.41, 5.74) is 4.11. The molecule has 0 saturated carbocycles. The monoisotopic (exact) mass is 256 g/mol. The lowest BCUT2D eigenvalue weighted by molar-refractivity contribution is 0.430. The molecule has 3 nitrogen and oxygen atoms in total. The molecule has 0 spiro atoms. The first kappa shape index (κ1) is 12.3. The summed E-state index contributed by atoms with van der Waals surface area (Å²) in [5.74, 6) is 0.984. The molecule has 3 heteroatoms. The maximum atomic E-state index is 5.42. The van der Waals surface area contributed by atoms with Crippen LogP contribution in [0.5, 0.6) is 0 Å². The zero-order valence-corrected chi connectivity index (χ0v) is 11.3. The summed E-state index contributed by atoms with van der Waals surface area (Å²) in [7, 11) is 0. The van der Waals surface area contributed by atoms with Gasteiger partial charge in [0.15, 0.2) is 0 Å². The van der Waals surface area contributed by atoms with Gasteiger partial charge in [0.2, 0.25) is 0 Å². The van der Waals surface area contributed by atoms with Gasteiger partial charge in [0.1, 0.15) is 5.76 Å². The van der Waals surface area contributed by atoms with Crippen molar-refractivity contribution >= 4 is 5.69 Å². The molecular weight excluding hydrogens is 236 g/mol. The minimum Gasteiger partial charge on any atom is -0.468 e. The van der Waals surface area contributed by atoms with Gasteiger partial charge in [0.05, 0.1) is 12.3 Å².